The van der Waals surface area contributed by atoms with Crippen molar-refractivity contribution in [1.82, 2.24) is 0 Å². The van der Waals surface area contributed by atoms with Gasteiger partial charge in [-0.25, -0.2) is 0 Å². The van der Waals surface area contributed by atoms with Gasteiger partial charge in [0, 0.05) is 11.7 Å². The van der Waals surface area contributed by atoms with Crippen LogP contribution >= 0.6 is 15.9 Å². The molecule has 0 aromatic heterocycles. The van der Waals surface area contributed by atoms with Crippen LogP contribution in [0.2, 0.25) is 0 Å². The molecule has 0 N–H and O–H groups in total. The Bertz CT molecular complexity index is 357. The Morgan fingerprint density at radius 1 is 1.29 bits per heavy atom. The van der Waals surface area contributed by atoms with E-state index in [0.717, 1.165) is 0 Å². The van der Waals surface area contributed by atoms with E-state index in [0.29, 0.717) is 11.0 Å². The van der Waals surface area contributed by atoms with Gasteiger partial charge in [0.15, 0.2) is 0 Å². The number of para-hydroxylation sites is 1. The summed E-state index contributed by atoms with van der Waals surface area (Å²) in [6, 6.07) is 9.00. The number of fused-ring (bicyclic) bond motifs is 1. The third-order valence-corrected chi connectivity index (χ3v) is 3.22. The van der Waals surface area contributed by atoms with E-state index in [4.69, 9.17) is 0 Å². The number of rotatable bonds is 1. The molecule has 1 aromatic rings. The summed E-state index contributed by atoms with van der Waals surface area (Å²) in [4.78, 5) is 2.69. The number of benzene rings is 1. The van der Waals surface area contributed by atoms with Crippen molar-refractivity contribution in [2.75, 3.05) is 4.90 Å². The molecule has 2 rings (SSSR count). The molecule has 1 unspecified atom stereocenters. The van der Waals surface area contributed by atoms with Crippen LogP contribution in [0.1, 0.15) is 19.4 Å². The van der Waals surface area contributed by atoms with E-state index in [1.165, 1.54) is 11.3 Å². The molecule has 1 atom stereocenters. The molecule has 0 spiro atoms. The number of alkyl halides is 1. The Hall–Kier alpha value is -0.760. The van der Waals surface area contributed by atoms with Crippen LogP contribution in [0, 0.1) is 0 Å². The molecule has 0 fully saturated rings. The lowest BCUT2D eigenvalue weighted by molar-refractivity contribution is 0.704. The number of hydrogen-bond acceptors (Lipinski definition) is 1. The maximum Gasteiger partial charge on any atom is 0.104 e. The molecule has 1 aromatic carbocycles. The smallest absolute Gasteiger partial charge is 0.104 e. The van der Waals surface area contributed by atoms with E-state index in [-0.39, 0.29) is 0 Å². The summed E-state index contributed by atoms with van der Waals surface area (Å²) in [5.74, 6) is 0. The maximum absolute atomic E-state index is 3.66. The second kappa shape index (κ2) is 3.77. The number of hydrogen-bond donors (Lipinski definition) is 0. The Labute approximate surface area is 93.6 Å². The average molecular weight is 252 g/mol. The fourth-order valence-electron chi connectivity index (χ4n) is 1.84. The Morgan fingerprint density at radius 2 is 2.00 bits per heavy atom. The Morgan fingerprint density at radius 3 is 2.71 bits per heavy atom. The number of anilines is 1. The van der Waals surface area contributed by atoms with Crippen LogP contribution in [-0.2, 0) is 0 Å². The van der Waals surface area contributed by atoms with Crippen molar-refractivity contribution in [2.45, 2.75) is 24.8 Å². The molecule has 2 heteroatoms. The van der Waals surface area contributed by atoms with Crippen LogP contribution in [0.5, 0.6) is 0 Å². The molecule has 1 heterocycles. The van der Waals surface area contributed by atoms with Gasteiger partial charge in [-0.05, 0) is 25.5 Å². The minimum absolute atomic E-state index is 0.317. The van der Waals surface area contributed by atoms with Crippen molar-refractivity contribution < 1.29 is 0 Å². The van der Waals surface area contributed by atoms with Gasteiger partial charge in [-0.15, -0.1) is 0 Å². The molecule has 0 amide bonds. The first-order chi connectivity index (χ1) is 6.70. The first-order valence-electron chi connectivity index (χ1n) is 4.90. The number of halogens is 1. The first-order valence-corrected chi connectivity index (χ1v) is 5.81. The van der Waals surface area contributed by atoms with E-state index in [1.54, 1.807) is 0 Å². The van der Waals surface area contributed by atoms with Gasteiger partial charge >= 0.3 is 0 Å². The van der Waals surface area contributed by atoms with Crippen molar-refractivity contribution >= 4 is 27.7 Å². The summed E-state index contributed by atoms with van der Waals surface area (Å²) in [5.41, 5.74) is 2.61. The second-order valence-electron chi connectivity index (χ2n) is 3.79. The molecule has 0 saturated heterocycles. The van der Waals surface area contributed by atoms with E-state index >= 15 is 0 Å². The van der Waals surface area contributed by atoms with Crippen LogP contribution in [-0.4, -0.2) is 11.0 Å². The predicted octanol–water partition coefficient (Wildman–Crippen LogP) is 3.65. The lowest BCUT2D eigenvalue weighted by Gasteiger charge is -2.35. The molecule has 1 nitrogen and oxygen atoms in total. The quantitative estimate of drug-likeness (QED) is 0.544. The average Bonchev–Trinajstić information content (AvgIpc) is 2.17. The summed E-state index contributed by atoms with van der Waals surface area (Å²) >= 11 is 3.66. The Kier molecular flexibility index (Phi) is 2.64. The molecule has 74 valence electrons. The van der Waals surface area contributed by atoms with Crippen molar-refractivity contribution in [3.8, 4) is 0 Å². The van der Waals surface area contributed by atoms with Gasteiger partial charge in [-0.3, -0.25) is 0 Å². The molecule has 14 heavy (non-hydrogen) atoms. The maximum atomic E-state index is 3.66. The lowest BCUT2D eigenvalue weighted by Crippen LogP contribution is -2.37. The first kappa shape index (κ1) is 9.78. The summed E-state index contributed by atoms with van der Waals surface area (Å²) in [6.07, 6.45) is 4.36. The fraction of sp³-hybridized carbons (Fsp3) is 0.333. The standard InChI is InChI=1S/C12H14BrN/c1-9(2)14-11-6-4-3-5-10(11)7-8-12(14)13/h3-9,12H,1-2H3. The third-order valence-electron chi connectivity index (χ3n) is 2.47. The monoisotopic (exact) mass is 251 g/mol. The zero-order valence-electron chi connectivity index (χ0n) is 8.44. The van der Waals surface area contributed by atoms with Crippen LogP contribution in [0.15, 0.2) is 30.3 Å². The van der Waals surface area contributed by atoms with Crippen LogP contribution in [0.3, 0.4) is 0 Å². The number of nitrogens with zero attached hydrogens (tertiary/aromatic N) is 1. The fourth-order valence-corrected chi connectivity index (χ4v) is 2.68. The normalized spacial score (nSPS) is 20.0. The minimum atomic E-state index is 0.317. The van der Waals surface area contributed by atoms with E-state index in [1.807, 2.05) is 0 Å². The molecule has 1 aliphatic rings. The molecule has 0 radical (unpaired) electrons. The van der Waals surface area contributed by atoms with Gasteiger partial charge in [-0.2, -0.15) is 0 Å². The van der Waals surface area contributed by atoms with Gasteiger partial charge in [0.1, 0.15) is 4.95 Å². The van der Waals surface area contributed by atoms with Crippen molar-refractivity contribution in [1.29, 1.82) is 0 Å². The molecule has 0 saturated carbocycles. The van der Waals surface area contributed by atoms with Crippen molar-refractivity contribution in [3.63, 3.8) is 0 Å². The molecule has 1 aliphatic heterocycles. The lowest BCUT2D eigenvalue weighted by atomic mass is 10.1. The van der Waals surface area contributed by atoms with E-state index in [2.05, 4.69) is 71.1 Å². The minimum Gasteiger partial charge on any atom is -0.352 e. The van der Waals surface area contributed by atoms with Gasteiger partial charge in [0.2, 0.25) is 0 Å². The third kappa shape index (κ3) is 1.59. The Balaban J connectivity index is 2.48. The zero-order valence-corrected chi connectivity index (χ0v) is 10.0. The van der Waals surface area contributed by atoms with Gasteiger partial charge < -0.3 is 4.90 Å². The highest BCUT2D eigenvalue weighted by atomic mass is 79.9. The molecular formula is C12H14BrN. The topological polar surface area (TPSA) is 3.24 Å². The predicted molar refractivity (Wildman–Crippen MR) is 65.8 cm³/mol. The largest absolute Gasteiger partial charge is 0.352 e. The summed E-state index contributed by atoms with van der Waals surface area (Å²) < 4.78 is 0. The van der Waals surface area contributed by atoms with Gasteiger partial charge in [-0.1, -0.05) is 46.3 Å². The van der Waals surface area contributed by atoms with E-state index < -0.39 is 0 Å². The van der Waals surface area contributed by atoms with Crippen LogP contribution < -0.4 is 4.90 Å². The zero-order chi connectivity index (χ0) is 10.1. The van der Waals surface area contributed by atoms with Gasteiger partial charge in [0.25, 0.3) is 0 Å². The highest BCUT2D eigenvalue weighted by Gasteiger charge is 2.21. The SMILES string of the molecule is CC(C)N1c2ccccc2C=CC1Br. The molecular weight excluding hydrogens is 238 g/mol. The summed E-state index contributed by atoms with van der Waals surface area (Å²) in [7, 11) is 0. The van der Waals surface area contributed by atoms with Crippen molar-refractivity contribution in [2.24, 2.45) is 0 Å². The molecule has 0 aliphatic carbocycles. The van der Waals surface area contributed by atoms with Crippen LogP contribution in [0.25, 0.3) is 6.08 Å². The highest BCUT2D eigenvalue weighted by molar-refractivity contribution is 9.09. The van der Waals surface area contributed by atoms with Crippen LogP contribution in [0.4, 0.5) is 5.69 Å². The summed E-state index contributed by atoms with van der Waals surface area (Å²) in [6.45, 7) is 4.42. The van der Waals surface area contributed by atoms with Crippen molar-refractivity contribution in [3.05, 3.63) is 35.9 Å². The highest BCUT2D eigenvalue weighted by Crippen LogP contribution is 2.32. The van der Waals surface area contributed by atoms with E-state index in [9.17, 15) is 0 Å². The molecule has 0 bridgehead atoms. The van der Waals surface area contributed by atoms with Gasteiger partial charge in [0.05, 0.1) is 0 Å². The second-order valence-corrected chi connectivity index (χ2v) is 4.73. The summed E-state index contributed by atoms with van der Waals surface area (Å²) in [5, 5.41) is 0.